The quantitative estimate of drug-likeness (QED) is 0.652. The number of anilines is 1. The highest BCUT2D eigenvalue weighted by molar-refractivity contribution is 9.10. The molecule has 0 spiro atoms. The maximum atomic E-state index is 11.9. The molecule has 1 saturated heterocycles. The van der Waals surface area contributed by atoms with E-state index in [1.807, 2.05) is 36.1 Å². The van der Waals surface area contributed by atoms with Gasteiger partial charge in [-0.3, -0.25) is 4.79 Å². The van der Waals surface area contributed by atoms with Crippen LogP contribution in [0.3, 0.4) is 0 Å². The van der Waals surface area contributed by atoms with Gasteiger partial charge in [0.2, 0.25) is 0 Å². The summed E-state index contributed by atoms with van der Waals surface area (Å²) in [4.78, 5) is 13.9. The van der Waals surface area contributed by atoms with E-state index in [2.05, 4.69) is 21.2 Å². The minimum atomic E-state index is -0.118. The Morgan fingerprint density at radius 2 is 2.38 bits per heavy atom. The predicted octanol–water partition coefficient (Wildman–Crippen LogP) is 3.42. The van der Waals surface area contributed by atoms with Crippen LogP contribution in [0, 0.1) is 5.92 Å². The second-order valence-corrected chi connectivity index (χ2v) is 6.28. The van der Waals surface area contributed by atoms with E-state index in [1.54, 1.807) is 0 Å². The van der Waals surface area contributed by atoms with Gasteiger partial charge in [0.1, 0.15) is 0 Å². The van der Waals surface area contributed by atoms with Gasteiger partial charge in [-0.25, -0.2) is 0 Å². The molecule has 0 amide bonds. The second-order valence-electron chi connectivity index (χ2n) is 4.98. The monoisotopic (exact) mass is 370 g/mol. The molecule has 0 unspecified atom stereocenters. The lowest BCUT2D eigenvalue weighted by molar-refractivity contribution is -0.149. The maximum Gasteiger partial charge on any atom is 0.310 e. The van der Waals surface area contributed by atoms with Crippen LogP contribution >= 0.6 is 28.1 Å². The number of benzene rings is 1. The third kappa shape index (κ3) is 4.68. The summed E-state index contributed by atoms with van der Waals surface area (Å²) in [5, 5.41) is 3.87. The van der Waals surface area contributed by atoms with Crippen molar-refractivity contribution in [3.63, 3.8) is 0 Å². The van der Waals surface area contributed by atoms with E-state index in [4.69, 9.17) is 17.0 Å². The lowest BCUT2D eigenvalue weighted by Gasteiger charge is -2.33. The number of piperidine rings is 1. The highest BCUT2D eigenvalue weighted by atomic mass is 79.9. The zero-order valence-corrected chi connectivity index (χ0v) is 14.4. The van der Waals surface area contributed by atoms with Crippen LogP contribution in [0.5, 0.6) is 0 Å². The zero-order chi connectivity index (χ0) is 15.2. The third-order valence-electron chi connectivity index (χ3n) is 3.40. The maximum absolute atomic E-state index is 11.9. The molecule has 0 bridgehead atoms. The van der Waals surface area contributed by atoms with E-state index in [0.29, 0.717) is 18.3 Å². The van der Waals surface area contributed by atoms with Gasteiger partial charge in [0.25, 0.3) is 0 Å². The Hall–Kier alpha value is -1.14. The van der Waals surface area contributed by atoms with Gasteiger partial charge in [-0.1, -0.05) is 22.0 Å². The van der Waals surface area contributed by atoms with E-state index in [9.17, 15) is 4.79 Å². The molecule has 1 aromatic carbocycles. The van der Waals surface area contributed by atoms with E-state index < -0.39 is 0 Å². The van der Waals surface area contributed by atoms with Crippen LogP contribution in [0.4, 0.5) is 5.69 Å². The molecule has 2 rings (SSSR count). The predicted molar refractivity (Wildman–Crippen MR) is 91.3 cm³/mol. The average molecular weight is 371 g/mol. The number of hydrogen-bond acceptors (Lipinski definition) is 3. The van der Waals surface area contributed by atoms with Gasteiger partial charge in [0.15, 0.2) is 5.11 Å². The Bertz CT molecular complexity index is 524. The molecule has 0 radical (unpaired) electrons. The minimum Gasteiger partial charge on any atom is -0.466 e. The van der Waals surface area contributed by atoms with Crippen molar-refractivity contribution in [3.8, 4) is 0 Å². The van der Waals surface area contributed by atoms with Crippen LogP contribution in [0.15, 0.2) is 28.7 Å². The van der Waals surface area contributed by atoms with Crippen LogP contribution in [0.25, 0.3) is 0 Å². The first-order valence-corrected chi connectivity index (χ1v) is 8.28. The number of nitrogens with one attached hydrogen (secondary N) is 1. The largest absolute Gasteiger partial charge is 0.466 e. The molecule has 1 aliphatic rings. The summed E-state index contributed by atoms with van der Waals surface area (Å²) in [5.74, 6) is -0.201. The Morgan fingerprint density at radius 3 is 3.10 bits per heavy atom. The van der Waals surface area contributed by atoms with Gasteiger partial charge in [-0.05, 0) is 50.2 Å². The molecule has 0 aromatic heterocycles. The number of rotatable bonds is 3. The van der Waals surface area contributed by atoms with Crippen molar-refractivity contribution >= 4 is 44.9 Å². The van der Waals surface area contributed by atoms with Crippen molar-refractivity contribution in [2.24, 2.45) is 5.92 Å². The number of nitrogens with zero attached hydrogens (tertiary/aromatic N) is 1. The fourth-order valence-corrected chi connectivity index (χ4v) is 3.07. The lowest BCUT2D eigenvalue weighted by Crippen LogP contribution is -2.44. The van der Waals surface area contributed by atoms with Crippen molar-refractivity contribution in [2.45, 2.75) is 19.8 Å². The first kappa shape index (κ1) is 16.2. The van der Waals surface area contributed by atoms with Gasteiger partial charge in [-0.15, -0.1) is 0 Å². The molecule has 0 saturated carbocycles. The summed E-state index contributed by atoms with van der Waals surface area (Å²) in [6.07, 6.45) is 1.82. The highest BCUT2D eigenvalue weighted by Gasteiger charge is 2.28. The molecule has 1 atom stereocenters. The molecule has 0 aliphatic carbocycles. The Kier molecular flexibility index (Phi) is 5.99. The molecule has 1 heterocycles. The number of hydrogen-bond donors (Lipinski definition) is 1. The number of esters is 1. The molecule has 6 heteroatoms. The van der Waals surface area contributed by atoms with E-state index in [-0.39, 0.29) is 11.9 Å². The topological polar surface area (TPSA) is 41.6 Å². The van der Waals surface area contributed by atoms with Crippen molar-refractivity contribution < 1.29 is 9.53 Å². The molecule has 1 aromatic rings. The highest BCUT2D eigenvalue weighted by Crippen LogP contribution is 2.20. The first-order valence-electron chi connectivity index (χ1n) is 7.08. The number of ether oxygens (including phenoxy) is 1. The Morgan fingerprint density at radius 1 is 1.57 bits per heavy atom. The fraction of sp³-hybridized carbons (Fsp3) is 0.467. The number of carbonyl (C=O) groups is 1. The number of halogens is 1. The second kappa shape index (κ2) is 7.75. The number of thiocarbonyl (C=S) groups is 1. The smallest absolute Gasteiger partial charge is 0.310 e. The fourth-order valence-electron chi connectivity index (χ4n) is 2.38. The van der Waals surface area contributed by atoms with Gasteiger partial charge < -0.3 is 15.0 Å². The summed E-state index contributed by atoms with van der Waals surface area (Å²) in [6.45, 7) is 3.75. The first-order chi connectivity index (χ1) is 10.1. The molecule has 1 fully saturated rings. The standard InChI is InChI=1S/C15H19BrN2O2S/c1-2-20-14(19)11-5-4-8-18(10-11)15(21)17-13-7-3-6-12(16)9-13/h3,6-7,9,11H,2,4-5,8,10H2,1H3,(H,17,21)/t11-/m0/s1. The van der Waals surface area contributed by atoms with E-state index in [1.165, 1.54) is 0 Å². The zero-order valence-electron chi connectivity index (χ0n) is 12.0. The van der Waals surface area contributed by atoms with Crippen molar-refractivity contribution in [2.75, 3.05) is 25.0 Å². The van der Waals surface area contributed by atoms with Crippen molar-refractivity contribution in [3.05, 3.63) is 28.7 Å². The Balaban J connectivity index is 1.94. The van der Waals surface area contributed by atoms with Crippen LogP contribution < -0.4 is 5.32 Å². The van der Waals surface area contributed by atoms with Crippen LogP contribution in [-0.4, -0.2) is 35.7 Å². The van der Waals surface area contributed by atoms with Crippen LogP contribution in [0.1, 0.15) is 19.8 Å². The molecular formula is C15H19BrN2O2S. The summed E-state index contributed by atoms with van der Waals surface area (Å²) in [5.41, 5.74) is 0.938. The summed E-state index contributed by atoms with van der Waals surface area (Å²) < 4.78 is 6.11. The molecule has 114 valence electrons. The minimum absolute atomic E-state index is 0.0824. The molecular weight excluding hydrogens is 352 g/mol. The Labute approximate surface area is 139 Å². The van der Waals surface area contributed by atoms with Crippen molar-refractivity contribution in [1.29, 1.82) is 0 Å². The molecule has 4 nitrogen and oxygen atoms in total. The summed E-state index contributed by atoms with van der Waals surface area (Å²) in [6, 6.07) is 7.85. The van der Waals surface area contributed by atoms with E-state index in [0.717, 1.165) is 29.5 Å². The third-order valence-corrected chi connectivity index (χ3v) is 4.26. The van der Waals surface area contributed by atoms with Crippen LogP contribution in [0.2, 0.25) is 0 Å². The molecule has 1 N–H and O–H groups in total. The van der Waals surface area contributed by atoms with Gasteiger partial charge in [-0.2, -0.15) is 0 Å². The SMILES string of the molecule is CCOC(=O)[C@H]1CCCN(C(=S)Nc2cccc(Br)c2)C1. The van der Waals surface area contributed by atoms with Crippen molar-refractivity contribution in [1.82, 2.24) is 4.90 Å². The van der Waals surface area contributed by atoms with Gasteiger partial charge in [0, 0.05) is 23.2 Å². The number of carbonyl (C=O) groups excluding carboxylic acids is 1. The van der Waals surface area contributed by atoms with Gasteiger partial charge in [0.05, 0.1) is 12.5 Å². The van der Waals surface area contributed by atoms with Gasteiger partial charge >= 0.3 is 5.97 Å². The normalized spacial score (nSPS) is 18.2. The molecule has 21 heavy (non-hydrogen) atoms. The summed E-state index contributed by atoms with van der Waals surface area (Å²) in [7, 11) is 0. The molecule has 1 aliphatic heterocycles. The average Bonchev–Trinajstić information content (AvgIpc) is 2.47. The van der Waals surface area contributed by atoms with E-state index >= 15 is 0 Å². The number of likely N-dealkylation sites (tertiary alicyclic amines) is 1. The van der Waals surface area contributed by atoms with Crippen LogP contribution in [-0.2, 0) is 9.53 Å². The summed E-state index contributed by atoms with van der Waals surface area (Å²) >= 11 is 8.89. The lowest BCUT2D eigenvalue weighted by atomic mass is 9.98.